The molecule has 0 saturated carbocycles. The lowest BCUT2D eigenvalue weighted by molar-refractivity contribution is -0.116. The molecule has 0 fully saturated rings. The molecule has 2 aromatic carbocycles. The summed E-state index contributed by atoms with van der Waals surface area (Å²) in [7, 11) is 0. The molecule has 0 aliphatic heterocycles. The second-order valence-electron chi connectivity index (χ2n) is 4.49. The second kappa shape index (κ2) is 7.16. The molecule has 2 rings (SSSR count). The van der Waals surface area contributed by atoms with Gasteiger partial charge in [0.15, 0.2) is 0 Å². The van der Waals surface area contributed by atoms with Crippen LogP contribution < -0.4 is 11.1 Å². The second-order valence-corrected chi connectivity index (χ2v) is 6.16. The first kappa shape index (κ1) is 16.1. The number of nitrogens with two attached hydrogens (primary N) is 1. The Labute approximate surface area is 141 Å². The molecule has 0 heterocycles. The van der Waals surface area contributed by atoms with E-state index >= 15 is 0 Å². The zero-order valence-corrected chi connectivity index (χ0v) is 14.1. The molecular weight excluding hydrogens is 375 g/mol. The van der Waals surface area contributed by atoms with E-state index in [4.69, 9.17) is 28.9 Å². The molecule has 3 nitrogen and oxygen atoms in total. The fourth-order valence-corrected chi connectivity index (χ4v) is 2.80. The summed E-state index contributed by atoms with van der Waals surface area (Å²) < 4.78 is 0.997. The third kappa shape index (κ3) is 4.37. The van der Waals surface area contributed by atoms with Gasteiger partial charge in [-0.2, -0.15) is 0 Å². The summed E-state index contributed by atoms with van der Waals surface area (Å²) in [5.74, 6) is -0.109. The SMILES string of the molecule is Nc1c(Cl)cc(NC(=O)CCc2ccccc2Br)cc1Cl. The number of hydrogen-bond acceptors (Lipinski definition) is 2. The lowest BCUT2D eigenvalue weighted by Gasteiger charge is -2.09. The van der Waals surface area contributed by atoms with E-state index in [9.17, 15) is 4.79 Å². The van der Waals surface area contributed by atoms with Crippen molar-refractivity contribution in [2.24, 2.45) is 0 Å². The fraction of sp³-hybridized carbons (Fsp3) is 0.133. The van der Waals surface area contributed by atoms with Gasteiger partial charge in [-0.3, -0.25) is 4.79 Å². The highest BCUT2D eigenvalue weighted by molar-refractivity contribution is 9.10. The number of carbonyl (C=O) groups excluding carboxylic acids is 1. The number of hydrogen-bond donors (Lipinski definition) is 2. The van der Waals surface area contributed by atoms with E-state index in [1.807, 2.05) is 24.3 Å². The van der Waals surface area contributed by atoms with E-state index in [-0.39, 0.29) is 5.91 Å². The first-order valence-corrected chi connectivity index (χ1v) is 7.80. The molecule has 6 heteroatoms. The van der Waals surface area contributed by atoms with E-state index in [1.54, 1.807) is 12.1 Å². The molecule has 1 amide bonds. The maximum atomic E-state index is 12.0. The summed E-state index contributed by atoms with van der Waals surface area (Å²) in [6.45, 7) is 0. The van der Waals surface area contributed by atoms with Crippen LogP contribution in [0, 0.1) is 0 Å². The summed E-state index contributed by atoms with van der Waals surface area (Å²) in [4.78, 5) is 12.0. The van der Waals surface area contributed by atoms with Gasteiger partial charge in [-0.15, -0.1) is 0 Å². The molecule has 0 aromatic heterocycles. The summed E-state index contributed by atoms with van der Waals surface area (Å²) in [5.41, 5.74) is 7.58. The lowest BCUT2D eigenvalue weighted by Crippen LogP contribution is -2.12. The number of anilines is 2. The smallest absolute Gasteiger partial charge is 0.224 e. The van der Waals surface area contributed by atoms with Gasteiger partial charge in [0.25, 0.3) is 0 Å². The van der Waals surface area contributed by atoms with Crippen LogP contribution in [-0.2, 0) is 11.2 Å². The summed E-state index contributed by atoms with van der Waals surface area (Å²) in [5, 5.41) is 3.41. The van der Waals surface area contributed by atoms with Gasteiger partial charge in [0.1, 0.15) is 0 Å². The number of rotatable bonds is 4. The summed E-state index contributed by atoms with van der Waals surface area (Å²) >= 11 is 15.3. The van der Waals surface area contributed by atoms with Crippen LogP contribution in [0.1, 0.15) is 12.0 Å². The topological polar surface area (TPSA) is 55.1 Å². The van der Waals surface area contributed by atoms with Crippen molar-refractivity contribution in [3.63, 3.8) is 0 Å². The van der Waals surface area contributed by atoms with Crippen molar-refractivity contribution in [3.05, 3.63) is 56.5 Å². The standard InChI is InChI=1S/C15H13BrCl2N2O/c16-11-4-2-1-3-9(11)5-6-14(21)20-10-7-12(17)15(19)13(18)8-10/h1-4,7-8H,5-6,19H2,(H,20,21). The number of amides is 1. The van der Waals surface area contributed by atoms with Crippen molar-refractivity contribution in [2.75, 3.05) is 11.1 Å². The van der Waals surface area contributed by atoms with Crippen molar-refractivity contribution < 1.29 is 4.79 Å². The molecular formula is C15H13BrCl2N2O. The maximum Gasteiger partial charge on any atom is 0.224 e. The minimum Gasteiger partial charge on any atom is -0.396 e. The fourth-order valence-electron chi connectivity index (χ4n) is 1.83. The summed E-state index contributed by atoms with van der Waals surface area (Å²) in [6, 6.07) is 11.0. The number of carbonyl (C=O) groups is 1. The molecule has 0 spiro atoms. The van der Waals surface area contributed by atoms with E-state index in [0.29, 0.717) is 34.3 Å². The summed E-state index contributed by atoms with van der Waals surface area (Å²) in [6.07, 6.45) is 1.01. The number of aryl methyl sites for hydroxylation is 1. The minimum atomic E-state index is -0.109. The van der Waals surface area contributed by atoms with E-state index < -0.39 is 0 Å². The van der Waals surface area contributed by atoms with Crippen molar-refractivity contribution in [1.29, 1.82) is 0 Å². The minimum absolute atomic E-state index is 0.109. The third-order valence-corrected chi connectivity index (χ3v) is 4.34. The predicted molar refractivity (Wildman–Crippen MR) is 92.0 cm³/mol. The van der Waals surface area contributed by atoms with Crippen LogP contribution in [0.15, 0.2) is 40.9 Å². The molecule has 0 bridgehead atoms. The Bertz CT molecular complexity index is 653. The van der Waals surface area contributed by atoms with E-state index in [0.717, 1.165) is 10.0 Å². The number of halogens is 3. The Morgan fingerprint density at radius 2 is 1.81 bits per heavy atom. The monoisotopic (exact) mass is 386 g/mol. The molecule has 0 unspecified atom stereocenters. The Kier molecular flexibility index (Phi) is 5.51. The number of benzene rings is 2. The van der Waals surface area contributed by atoms with Gasteiger partial charge in [0.2, 0.25) is 5.91 Å². The van der Waals surface area contributed by atoms with Gasteiger partial charge in [0.05, 0.1) is 15.7 Å². The Hall–Kier alpha value is -1.23. The van der Waals surface area contributed by atoms with E-state index in [1.165, 1.54) is 0 Å². The van der Waals surface area contributed by atoms with Crippen LogP contribution >= 0.6 is 39.1 Å². The van der Waals surface area contributed by atoms with Crippen molar-refractivity contribution >= 4 is 56.4 Å². The first-order chi connectivity index (χ1) is 9.97. The van der Waals surface area contributed by atoms with Gasteiger partial charge in [-0.1, -0.05) is 57.3 Å². The molecule has 3 N–H and O–H groups in total. The zero-order chi connectivity index (χ0) is 15.4. The molecule has 2 aromatic rings. The normalized spacial score (nSPS) is 10.4. The van der Waals surface area contributed by atoms with Crippen LogP contribution in [0.25, 0.3) is 0 Å². The van der Waals surface area contributed by atoms with Crippen LogP contribution in [0.5, 0.6) is 0 Å². The third-order valence-electron chi connectivity index (χ3n) is 2.94. The van der Waals surface area contributed by atoms with Crippen molar-refractivity contribution in [1.82, 2.24) is 0 Å². The Morgan fingerprint density at radius 3 is 2.43 bits per heavy atom. The van der Waals surface area contributed by atoms with Gasteiger partial charge in [-0.25, -0.2) is 0 Å². The molecule has 0 saturated heterocycles. The van der Waals surface area contributed by atoms with Crippen LogP contribution in [0.2, 0.25) is 10.0 Å². The number of nitrogen functional groups attached to an aromatic ring is 1. The molecule has 0 atom stereocenters. The highest BCUT2D eigenvalue weighted by Crippen LogP contribution is 2.31. The number of nitrogens with one attached hydrogen (secondary N) is 1. The molecule has 0 aliphatic rings. The van der Waals surface area contributed by atoms with Gasteiger partial charge < -0.3 is 11.1 Å². The van der Waals surface area contributed by atoms with Gasteiger partial charge >= 0.3 is 0 Å². The Morgan fingerprint density at radius 1 is 1.19 bits per heavy atom. The predicted octanol–water partition coefficient (Wildman–Crippen LogP) is 4.91. The average Bonchev–Trinajstić information content (AvgIpc) is 2.44. The van der Waals surface area contributed by atoms with E-state index in [2.05, 4.69) is 21.2 Å². The molecule has 0 aliphatic carbocycles. The van der Waals surface area contributed by atoms with Crippen LogP contribution in [-0.4, -0.2) is 5.91 Å². The van der Waals surface area contributed by atoms with Gasteiger partial charge in [0, 0.05) is 16.6 Å². The maximum absolute atomic E-state index is 12.0. The highest BCUT2D eigenvalue weighted by Gasteiger charge is 2.09. The van der Waals surface area contributed by atoms with Crippen molar-refractivity contribution in [2.45, 2.75) is 12.8 Å². The lowest BCUT2D eigenvalue weighted by atomic mass is 10.1. The average molecular weight is 388 g/mol. The zero-order valence-electron chi connectivity index (χ0n) is 11.0. The quantitative estimate of drug-likeness (QED) is 0.732. The largest absolute Gasteiger partial charge is 0.396 e. The van der Waals surface area contributed by atoms with Crippen molar-refractivity contribution in [3.8, 4) is 0 Å². The van der Waals surface area contributed by atoms with Gasteiger partial charge in [-0.05, 0) is 30.2 Å². The molecule has 0 radical (unpaired) electrons. The molecule has 110 valence electrons. The Balaban J connectivity index is 1.98. The molecule has 21 heavy (non-hydrogen) atoms. The van der Waals surface area contributed by atoms with Crippen LogP contribution in [0.3, 0.4) is 0 Å². The highest BCUT2D eigenvalue weighted by atomic mass is 79.9. The first-order valence-electron chi connectivity index (χ1n) is 6.25. The van der Waals surface area contributed by atoms with Crippen LogP contribution in [0.4, 0.5) is 11.4 Å².